The third-order valence-electron chi connectivity index (χ3n) is 2.85. The number of nitrogens with zero attached hydrogens (tertiary/aromatic N) is 3. The molecule has 0 fully saturated rings. The Morgan fingerprint density at radius 2 is 1.89 bits per heavy atom. The number of halogens is 1. The second-order valence-electron chi connectivity index (χ2n) is 4.06. The molecule has 1 heterocycles. The van der Waals surface area contributed by atoms with E-state index in [0.29, 0.717) is 16.5 Å². The second-order valence-corrected chi connectivity index (χ2v) is 4.42. The summed E-state index contributed by atoms with van der Waals surface area (Å²) < 4.78 is 0. The molecule has 0 aliphatic carbocycles. The van der Waals surface area contributed by atoms with Gasteiger partial charge >= 0.3 is 0 Å². The van der Waals surface area contributed by atoms with E-state index in [9.17, 15) is 10.1 Å². The molecule has 19 heavy (non-hydrogen) atoms. The summed E-state index contributed by atoms with van der Waals surface area (Å²) >= 11 is 6.11. The number of non-ortho nitro benzene ring substituents is 1. The summed E-state index contributed by atoms with van der Waals surface area (Å²) in [5.41, 5.74) is 2.50. The smallest absolute Gasteiger partial charge is 0.258 e. The van der Waals surface area contributed by atoms with Crippen LogP contribution in [0.25, 0.3) is 11.4 Å². The maximum absolute atomic E-state index is 10.6. The molecule has 0 N–H and O–H groups in total. The summed E-state index contributed by atoms with van der Waals surface area (Å²) in [6, 6.07) is 6.09. The van der Waals surface area contributed by atoms with Gasteiger partial charge in [0.05, 0.1) is 4.92 Å². The molecule has 1 aromatic heterocycles. The Balaban J connectivity index is 2.44. The molecule has 98 valence electrons. The first-order chi connectivity index (χ1) is 9.02. The molecule has 0 saturated carbocycles. The summed E-state index contributed by atoms with van der Waals surface area (Å²) in [6.07, 6.45) is 0.769. The molecule has 0 amide bonds. The molecular weight excluding hydrogens is 266 g/mol. The van der Waals surface area contributed by atoms with Gasteiger partial charge in [-0.05, 0) is 25.5 Å². The van der Waals surface area contributed by atoms with Gasteiger partial charge in [0, 0.05) is 29.0 Å². The van der Waals surface area contributed by atoms with Crippen LogP contribution in [0.5, 0.6) is 0 Å². The quantitative estimate of drug-likeness (QED) is 0.488. The van der Waals surface area contributed by atoms with E-state index in [2.05, 4.69) is 9.97 Å². The van der Waals surface area contributed by atoms with Crippen molar-refractivity contribution >= 4 is 17.3 Å². The van der Waals surface area contributed by atoms with Crippen LogP contribution in [0.2, 0.25) is 5.15 Å². The van der Waals surface area contributed by atoms with Crippen molar-refractivity contribution in [2.45, 2.75) is 20.3 Å². The molecule has 0 radical (unpaired) electrons. The number of hydrogen-bond donors (Lipinski definition) is 0. The van der Waals surface area contributed by atoms with Gasteiger partial charge in [0.25, 0.3) is 5.69 Å². The Labute approximate surface area is 115 Å². The first-order valence-electron chi connectivity index (χ1n) is 5.80. The van der Waals surface area contributed by atoms with Crippen molar-refractivity contribution in [2.24, 2.45) is 0 Å². The minimum absolute atomic E-state index is 0.0387. The normalized spacial score (nSPS) is 10.5. The van der Waals surface area contributed by atoms with Gasteiger partial charge in [-0.15, -0.1) is 0 Å². The first kappa shape index (κ1) is 13.4. The summed E-state index contributed by atoms with van der Waals surface area (Å²) in [7, 11) is 0. The highest BCUT2D eigenvalue weighted by atomic mass is 35.5. The highest BCUT2D eigenvalue weighted by Gasteiger charge is 2.11. The molecule has 1 aromatic carbocycles. The second kappa shape index (κ2) is 5.32. The molecule has 0 bridgehead atoms. The molecular formula is C13H12ClN3O2. The lowest BCUT2D eigenvalue weighted by molar-refractivity contribution is -0.384. The molecule has 2 aromatic rings. The Morgan fingerprint density at radius 3 is 2.37 bits per heavy atom. The predicted molar refractivity (Wildman–Crippen MR) is 73.2 cm³/mol. The van der Waals surface area contributed by atoms with Crippen molar-refractivity contribution < 1.29 is 4.92 Å². The number of nitro benzene ring substituents is 1. The van der Waals surface area contributed by atoms with Crippen LogP contribution in [0.1, 0.15) is 18.2 Å². The molecule has 0 unspecified atom stereocenters. The Bertz CT molecular complexity index is 603. The lowest BCUT2D eigenvalue weighted by Crippen LogP contribution is -1.99. The maximum atomic E-state index is 10.6. The van der Waals surface area contributed by atoms with Crippen molar-refractivity contribution in [3.05, 3.63) is 50.8 Å². The lowest BCUT2D eigenvalue weighted by atomic mass is 10.1. The number of rotatable bonds is 3. The molecule has 0 aliphatic rings. The fourth-order valence-corrected chi connectivity index (χ4v) is 2.17. The Hall–Kier alpha value is -2.01. The van der Waals surface area contributed by atoms with Gasteiger partial charge < -0.3 is 0 Å². The van der Waals surface area contributed by atoms with Gasteiger partial charge in [0.15, 0.2) is 5.82 Å². The van der Waals surface area contributed by atoms with E-state index < -0.39 is 4.92 Å². The molecule has 6 heteroatoms. The van der Waals surface area contributed by atoms with Crippen molar-refractivity contribution in [1.82, 2.24) is 9.97 Å². The third-order valence-corrected chi connectivity index (χ3v) is 3.17. The van der Waals surface area contributed by atoms with Crippen LogP contribution in [0.3, 0.4) is 0 Å². The molecule has 0 aliphatic heterocycles. The zero-order valence-corrected chi connectivity index (χ0v) is 11.3. The van der Waals surface area contributed by atoms with Crippen molar-refractivity contribution in [3.63, 3.8) is 0 Å². The standard InChI is InChI=1S/C13H12ClN3O2/c1-3-11-8(2)15-13(16-12(11)14)9-4-6-10(7-5-9)17(18)19/h4-7H,3H2,1-2H3. The SMILES string of the molecule is CCc1c(C)nc(-c2ccc([N+](=O)[O-])cc2)nc1Cl. The number of aromatic nitrogens is 2. The average molecular weight is 278 g/mol. The van der Waals surface area contributed by atoms with Crippen LogP contribution in [-0.4, -0.2) is 14.9 Å². The molecule has 5 nitrogen and oxygen atoms in total. The van der Waals surface area contributed by atoms with Crippen LogP contribution < -0.4 is 0 Å². The molecule has 0 saturated heterocycles. The first-order valence-corrected chi connectivity index (χ1v) is 6.18. The van der Waals surface area contributed by atoms with E-state index in [1.165, 1.54) is 12.1 Å². The van der Waals surface area contributed by atoms with Crippen molar-refractivity contribution in [2.75, 3.05) is 0 Å². The zero-order valence-electron chi connectivity index (χ0n) is 10.6. The number of hydrogen-bond acceptors (Lipinski definition) is 4. The van der Waals surface area contributed by atoms with Gasteiger partial charge in [0.1, 0.15) is 5.15 Å². The summed E-state index contributed by atoms with van der Waals surface area (Å²) in [6.45, 7) is 3.87. The fraction of sp³-hybridized carbons (Fsp3) is 0.231. The molecule has 0 atom stereocenters. The van der Waals surface area contributed by atoms with E-state index in [0.717, 1.165) is 17.7 Å². The average Bonchev–Trinajstić information content (AvgIpc) is 2.38. The highest BCUT2D eigenvalue weighted by Crippen LogP contribution is 2.24. The summed E-state index contributed by atoms with van der Waals surface area (Å²) in [4.78, 5) is 18.8. The van der Waals surface area contributed by atoms with Crippen LogP contribution >= 0.6 is 11.6 Å². The highest BCUT2D eigenvalue weighted by molar-refractivity contribution is 6.30. The van der Waals surface area contributed by atoms with Gasteiger partial charge in [-0.1, -0.05) is 18.5 Å². The number of aryl methyl sites for hydroxylation is 1. The lowest BCUT2D eigenvalue weighted by Gasteiger charge is -2.07. The Morgan fingerprint density at radius 1 is 1.26 bits per heavy atom. The topological polar surface area (TPSA) is 68.9 Å². The minimum atomic E-state index is -0.441. The molecule has 2 rings (SSSR count). The van der Waals surface area contributed by atoms with E-state index in [4.69, 9.17) is 11.6 Å². The Kier molecular flexibility index (Phi) is 3.76. The zero-order chi connectivity index (χ0) is 14.0. The van der Waals surface area contributed by atoms with E-state index in [1.54, 1.807) is 12.1 Å². The monoisotopic (exact) mass is 277 g/mol. The van der Waals surface area contributed by atoms with Gasteiger partial charge in [-0.2, -0.15) is 0 Å². The number of nitro groups is 1. The largest absolute Gasteiger partial charge is 0.269 e. The van der Waals surface area contributed by atoms with E-state index >= 15 is 0 Å². The van der Waals surface area contributed by atoms with E-state index in [-0.39, 0.29) is 5.69 Å². The summed E-state index contributed by atoms with van der Waals surface area (Å²) in [5.74, 6) is 0.481. The van der Waals surface area contributed by atoms with Crippen molar-refractivity contribution in [1.29, 1.82) is 0 Å². The van der Waals surface area contributed by atoms with Crippen molar-refractivity contribution in [3.8, 4) is 11.4 Å². The van der Waals surface area contributed by atoms with Gasteiger partial charge in [-0.3, -0.25) is 10.1 Å². The molecule has 0 spiro atoms. The van der Waals surface area contributed by atoms with E-state index in [1.807, 2.05) is 13.8 Å². The third kappa shape index (κ3) is 2.71. The minimum Gasteiger partial charge on any atom is -0.258 e. The summed E-state index contributed by atoms with van der Waals surface area (Å²) in [5, 5.41) is 11.0. The van der Waals surface area contributed by atoms with Crippen LogP contribution in [0.15, 0.2) is 24.3 Å². The van der Waals surface area contributed by atoms with Gasteiger partial charge in [0.2, 0.25) is 0 Å². The van der Waals surface area contributed by atoms with Crippen LogP contribution in [-0.2, 0) is 6.42 Å². The van der Waals surface area contributed by atoms with Crippen LogP contribution in [0.4, 0.5) is 5.69 Å². The van der Waals surface area contributed by atoms with Crippen LogP contribution in [0, 0.1) is 17.0 Å². The number of benzene rings is 1. The maximum Gasteiger partial charge on any atom is 0.269 e. The predicted octanol–water partition coefficient (Wildman–Crippen LogP) is 3.58. The fourth-order valence-electron chi connectivity index (χ4n) is 1.82. The van der Waals surface area contributed by atoms with Gasteiger partial charge in [-0.25, -0.2) is 9.97 Å².